The molecule has 0 bridgehead atoms. The second-order valence-corrected chi connectivity index (χ2v) is 6.25. The summed E-state index contributed by atoms with van der Waals surface area (Å²) < 4.78 is 7.11. The van der Waals surface area contributed by atoms with Gasteiger partial charge >= 0.3 is 0 Å². The lowest BCUT2D eigenvalue weighted by atomic mass is 10.2. The molecule has 1 aliphatic rings. The second-order valence-electron chi connectivity index (χ2n) is 5.43. The summed E-state index contributed by atoms with van der Waals surface area (Å²) in [7, 11) is 0. The molecular weight excluding hydrogens is 373 g/mol. The summed E-state index contributed by atoms with van der Waals surface area (Å²) in [6, 6.07) is 5.57. The van der Waals surface area contributed by atoms with Crippen molar-refractivity contribution in [1.82, 2.24) is 19.9 Å². The first-order valence-electron chi connectivity index (χ1n) is 7.59. The molecule has 0 amide bonds. The van der Waals surface area contributed by atoms with Gasteiger partial charge in [0.1, 0.15) is 0 Å². The first-order chi connectivity index (χ1) is 11.2. The lowest BCUT2D eigenvalue weighted by molar-refractivity contribution is 0.0398. The van der Waals surface area contributed by atoms with Gasteiger partial charge in [-0.3, -0.25) is 4.90 Å². The number of hydrogen-bond donors (Lipinski definition) is 1. The first-order valence-corrected chi connectivity index (χ1v) is 8.34. The molecule has 0 unspecified atom stereocenters. The number of benzene rings is 1. The van der Waals surface area contributed by atoms with Crippen LogP contribution in [-0.4, -0.2) is 59.3 Å². The van der Waals surface area contributed by atoms with Crippen molar-refractivity contribution in [3.63, 3.8) is 0 Å². The highest BCUT2D eigenvalue weighted by Crippen LogP contribution is 2.22. The van der Waals surface area contributed by atoms with Crippen LogP contribution >= 0.6 is 35.6 Å². The molecule has 1 aromatic carbocycles. The van der Waals surface area contributed by atoms with Crippen LogP contribution in [0.4, 0.5) is 5.82 Å². The molecule has 9 heteroatoms. The third kappa shape index (κ3) is 5.50. The zero-order chi connectivity index (χ0) is 16.1. The number of ether oxygens (including phenoxy) is 1. The zero-order valence-electron chi connectivity index (χ0n) is 13.1. The highest BCUT2D eigenvalue weighted by Gasteiger charge is 2.09. The van der Waals surface area contributed by atoms with Crippen LogP contribution in [0.1, 0.15) is 5.56 Å². The fourth-order valence-electron chi connectivity index (χ4n) is 2.45. The molecule has 6 nitrogen and oxygen atoms in total. The van der Waals surface area contributed by atoms with Crippen LogP contribution in [0.3, 0.4) is 0 Å². The minimum absolute atomic E-state index is 0. The third-order valence-corrected chi connectivity index (χ3v) is 4.44. The van der Waals surface area contributed by atoms with E-state index in [0.717, 1.165) is 50.8 Å². The van der Waals surface area contributed by atoms with Gasteiger partial charge < -0.3 is 10.1 Å². The molecule has 2 heterocycles. The van der Waals surface area contributed by atoms with Crippen LogP contribution < -0.4 is 5.32 Å². The molecule has 2 aromatic rings. The number of halogens is 3. The Morgan fingerprint density at radius 3 is 2.71 bits per heavy atom. The van der Waals surface area contributed by atoms with Gasteiger partial charge in [-0.05, 0) is 17.7 Å². The maximum Gasteiger partial charge on any atom is 0.168 e. The monoisotopic (exact) mass is 391 g/mol. The maximum absolute atomic E-state index is 6.02. The SMILES string of the molecule is Cl.Clc1ccc(Cn2cc(NCCN3CCOCC3)nn2)cc1Cl. The van der Waals surface area contributed by atoms with E-state index in [1.54, 1.807) is 10.7 Å². The van der Waals surface area contributed by atoms with Gasteiger partial charge in [-0.15, -0.1) is 17.5 Å². The minimum atomic E-state index is 0. The predicted octanol–water partition coefficient (Wildman–Crippen LogP) is 2.80. The summed E-state index contributed by atoms with van der Waals surface area (Å²) in [6.07, 6.45) is 1.89. The maximum atomic E-state index is 6.02. The highest BCUT2D eigenvalue weighted by atomic mass is 35.5. The fourth-order valence-corrected chi connectivity index (χ4v) is 2.77. The Bertz CT molecular complexity index is 646. The van der Waals surface area contributed by atoms with Crippen molar-refractivity contribution in [2.45, 2.75) is 6.54 Å². The van der Waals surface area contributed by atoms with Gasteiger partial charge in [0, 0.05) is 26.2 Å². The van der Waals surface area contributed by atoms with Crippen molar-refractivity contribution in [3.05, 3.63) is 40.0 Å². The molecule has 132 valence electrons. The second kappa shape index (κ2) is 9.44. The number of hydrogen-bond acceptors (Lipinski definition) is 5. The van der Waals surface area contributed by atoms with Crippen molar-refractivity contribution in [1.29, 1.82) is 0 Å². The first kappa shape index (κ1) is 19.3. The fraction of sp³-hybridized carbons (Fsp3) is 0.467. The number of rotatable bonds is 6. The van der Waals surface area contributed by atoms with Crippen LogP contribution in [0.25, 0.3) is 0 Å². The highest BCUT2D eigenvalue weighted by molar-refractivity contribution is 6.42. The van der Waals surface area contributed by atoms with Crippen molar-refractivity contribution < 1.29 is 4.74 Å². The van der Waals surface area contributed by atoms with Crippen LogP contribution in [0.2, 0.25) is 10.0 Å². The summed E-state index contributed by atoms with van der Waals surface area (Å²) in [5.41, 5.74) is 1.03. The molecule has 1 N–H and O–H groups in total. The molecule has 0 atom stereocenters. The molecule has 0 radical (unpaired) electrons. The van der Waals surface area contributed by atoms with E-state index in [4.69, 9.17) is 27.9 Å². The summed E-state index contributed by atoms with van der Waals surface area (Å²) in [5.74, 6) is 0.776. The molecule has 0 spiro atoms. The predicted molar refractivity (Wildman–Crippen MR) is 98.6 cm³/mol. The topological polar surface area (TPSA) is 55.2 Å². The number of anilines is 1. The molecule has 24 heavy (non-hydrogen) atoms. The van der Waals surface area contributed by atoms with Crippen LogP contribution in [0, 0.1) is 0 Å². The van der Waals surface area contributed by atoms with E-state index < -0.39 is 0 Å². The van der Waals surface area contributed by atoms with E-state index in [1.807, 2.05) is 18.3 Å². The van der Waals surface area contributed by atoms with Gasteiger partial charge in [0.2, 0.25) is 0 Å². The number of aromatic nitrogens is 3. The number of nitrogens with zero attached hydrogens (tertiary/aromatic N) is 4. The molecule has 1 fully saturated rings. The minimum Gasteiger partial charge on any atom is -0.379 e. The molecule has 1 saturated heterocycles. The van der Waals surface area contributed by atoms with Gasteiger partial charge in [-0.25, -0.2) is 4.68 Å². The number of morpholine rings is 1. The Hall–Kier alpha value is -1.05. The smallest absolute Gasteiger partial charge is 0.168 e. The van der Waals surface area contributed by atoms with Crippen molar-refractivity contribution in [3.8, 4) is 0 Å². The van der Waals surface area contributed by atoms with E-state index >= 15 is 0 Å². The van der Waals surface area contributed by atoms with Crippen molar-refractivity contribution in [2.24, 2.45) is 0 Å². The molecule has 1 aromatic heterocycles. The van der Waals surface area contributed by atoms with Gasteiger partial charge in [0.25, 0.3) is 0 Å². The normalized spacial score (nSPS) is 15.1. The van der Waals surface area contributed by atoms with Crippen LogP contribution in [-0.2, 0) is 11.3 Å². The molecule has 1 aliphatic heterocycles. The summed E-state index contributed by atoms with van der Waals surface area (Å²) in [6.45, 7) is 6.04. The Balaban J connectivity index is 0.00000208. The summed E-state index contributed by atoms with van der Waals surface area (Å²) in [5, 5.41) is 12.7. The third-order valence-electron chi connectivity index (χ3n) is 3.71. The van der Waals surface area contributed by atoms with E-state index in [9.17, 15) is 0 Å². The molecule has 0 saturated carbocycles. The lowest BCUT2D eigenvalue weighted by Crippen LogP contribution is -2.39. The standard InChI is InChI=1S/C15H19Cl2N5O.ClH/c16-13-2-1-12(9-14(13)17)10-22-11-15(19-20-22)18-3-4-21-5-7-23-8-6-21;/h1-2,9,11,18H,3-8,10H2;1H. The Labute approximate surface area is 157 Å². The number of nitrogens with one attached hydrogen (secondary N) is 1. The van der Waals surface area contributed by atoms with E-state index in [-0.39, 0.29) is 12.4 Å². The van der Waals surface area contributed by atoms with Gasteiger partial charge in [-0.1, -0.05) is 34.5 Å². The zero-order valence-corrected chi connectivity index (χ0v) is 15.4. The van der Waals surface area contributed by atoms with Crippen LogP contribution in [0.5, 0.6) is 0 Å². The molecule has 3 rings (SSSR count). The Morgan fingerprint density at radius 2 is 1.96 bits per heavy atom. The van der Waals surface area contributed by atoms with Gasteiger partial charge in [-0.2, -0.15) is 0 Å². The van der Waals surface area contributed by atoms with Crippen LogP contribution in [0.15, 0.2) is 24.4 Å². The van der Waals surface area contributed by atoms with Crippen molar-refractivity contribution in [2.75, 3.05) is 44.7 Å². The van der Waals surface area contributed by atoms with Crippen molar-refractivity contribution >= 4 is 41.4 Å². The van der Waals surface area contributed by atoms with Gasteiger partial charge in [0.15, 0.2) is 5.82 Å². The Morgan fingerprint density at radius 1 is 1.17 bits per heavy atom. The lowest BCUT2D eigenvalue weighted by Gasteiger charge is -2.26. The Kier molecular flexibility index (Phi) is 7.58. The average molecular weight is 393 g/mol. The van der Waals surface area contributed by atoms with E-state index in [0.29, 0.717) is 16.6 Å². The van der Waals surface area contributed by atoms with Gasteiger partial charge in [0.05, 0.1) is 36.0 Å². The largest absolute Gasteiger partial charge is 0.379 e. The quantitative estimate of drug-likeness (QED) is 0.819. The summed E-state index contributed by atoms with van der Waals surface area (Å²) >= 11 is 11.9. The van der Waals surface area contributed by atoms with E-state index in [1.165, 1.54) is 0 Å². The van der Waals surface area contributed by atoms with E-state index in [2.05, 4.69) is 20.5 Å². The average Bonchev–Trinajstić information content (AvgIpc) is 2.99. The summed E-state index contributed by atoms with van der Waals surface area (Å²) in [4.78, 5) is 2.37. The molecule has 0 aliphatic carbocycles. The molecular formula is C15H20Cl3N5O.